The van der Waals surface area contributed by atoms with Gasteiger partial charge in [0.05, 0.1) is 11.7 Å². The molecule has 4 rings (SSSR count). The highest BCUT2D eigenvalue weighted by Gasteiger charge is 2.33. The number of rotatable bonds is 6. The van der Waals surface area contributed by atoms with Crippen LogP contribution >= 0.6 is 0 Å². The average molecular weight is 443 g/mol. The number of nitrogens with one attached hydrogen (secondary N) is 1. The molecule has 0 amide bonds. The van der Waals surface area contributed by atoms with E-state index in [4.69, 9.17) is 0 Å². The second-order valence-corrected chi connectivity index (χ2v) is 7.08. The number of fused-ring (bicyclic) bond motifs is 1. The van der Waals surface area contributed by atoms with Gasteiger partial charge in [-0.05, 0) is 25.0 Å². The van der Waals surface area contributed by atoms with Crippen molar-refractivity contribution >= 4 is 11.5 Å². The molecule has 31 heavy (non-hydrogen) atoms. The van der Waals surface area contributed by atoms with E-state index in [2.05, 4.69) is 30.0 Å². The van der Waals surface area contributed by atoms with Crippen LogP contribution in [0.4, 0.5) is 27.9 Å². The molecule has 0 atom stereocenters. The van der Waals surface area contributed by atoms with Crippen molar-refractivity contribution in [2.45, 2.75) is 51.1 Å². The molecule has 1 N–H and O–H groups in total. The molecule has 3 aromatic rings. The monoisotopic (exact) mass is 443 g/mol. The first-order chi connectivity index (χ1) is 14.8. The van der Waals surface area contributed by atoms with Crippen LogP contribution in [0.2, 0.25) is 0 Å². The van der Waals surface area contributed by atoms with Crippen molar-refractivity contribution in [3.63, 3.8) is 0 Å². The van der Waals surface area contributed by atoms with Crippen molar-refractivity contribution in [2.75, 3.05) is 5.32 Å². The van der Waals surface area contributed by atoms with Crippen LogP contribution in [0.25, 0.3) is 16.8 Å². The minimum absolute atomic E-state index is 0.0505. The minimum atomic E-state index is -5.05. The van der Waals surface area contributed by atoms with E-state index in [1.54, 1.807) is 4.40 Å². The predicted octanol–water partition coefficient (Wildman–Crippen LogP) is 5.04. The van der Waals surface area contributed by atoms with E-state index in [1.807, 2.05) is 0 Å². The number of alkyl halides is 5. The Kier molecular flexibility index (Phi) is 5.79. The number of nitrogens with zero attached hydrogens (tertiary/aromatic N) is 4. The second-order valence-electron chi connectivity index (χ2n) is 7.08. The fourth-order valence-electron chi connectivity index (χ4n) is 3.64. The van der Waals surface area contributed by atoms with Crippen LogP contribution in [-0.2, 0) is 0 Å². The Bertz CT molecular complexity index is 1050. The van der Waals surface area contributed by atoms with Gasteiger partial charge in [-0.25, -0.2) is 4.98 Å². The summed E-state index contributed by atoms with van der Waals surface area (Å²) in [6, 6.07) is 3.21. The van der Waals surface area contributed by atoms with Crippen molar-refractivity contribution < 1.29 is 31.4 Å². The third-order valence-corrected chi connectivity index (χ3v) is 4.95. The van der Waals surface area contributed by atoms with Gasteiger partial charge in [-0.15, -0.1) is 23.4 Å². The number of hydrogen-bond donors (Lipinski definition) is 1. The highest BCUT2D eigenvalue weighted by molar-refractivity contribution is 5.81. The van der Waals surface area contributed by atoms with Crippen LogP contribution in [0.3, 0.4) is 0 Å². The van der Waals surface area contributed by atoms with E-state index >= 15 is 0 Å². The molecule has 1 aliphatic rings. The van der Waals surface area contributed by atoms with Gasteiger partial charge in [-0.1, -0.05) is 19.3 Å². The van der Waals surface area contributed by atoms with E-state index < -0.39 is 24.5 Å². The van der Waals surface area contributed by atoms with Crippen LogP contribution in [0.15, 0.2) is 30.7 Å². The van der Waals surface area contributed by atoms with Gasteiger partial charge in [0, 0.05) is 17.7 Å². The first kappa shape index (κ1) is 21.1. The summed E-state index contributed by atoms with van der Waals surface area (Å²) in [6.07, 6.45) is 3.18. The lowest BCUT2D eigenvalue weighted by Crippen LogP contribution is -2.24. The Morgan fingerprint density at radius 2 is 1.87 bits per heavy atom. The summed E-state index contributed by atoms with van der Waals surface area (Å²) < 4.78 is 73.6. The lowest BCUT2D eigenvalue weighted by molar-refractivity contribution is -0.274. The van der Waals surface area contributed by atoms with E-state index in [9.17, 15) is 22.0 Å². The van der Waals surface area contributed by atoms with Crippen LogP contribution in [0.5, 0.6) is 11.5 Å². The summed E-state index contributed by atoms with van der Waals surface area (Å²) in [5, 5.41) is 11.5. The van der Waals surface area contributed by atoms with Crippen LogP contribution in [-0.4, -0.2) is 38.6 Å². The third kappa shape index (κ3) is 4.94. The average Bonchev–Trinajstić information content (AvgIpc) is 3.18. The minimum Gasteiger partial charge on any atom is -0.435 e. The van der Waals surface area contributed by atoms with Gasteiger partial charge in [0.2, 0.25) is 5.95 Å². The first-order valence-corrected chi connectivity index (χ1v) is 9.60. The van der Waals surface area contributed by atoms with Crippen LogP contribution in [0, 0.1) is 0 Å². The summed E-state index contributed by atoms with van der Waals surface area (Å²) >= 11 is 0. The number of halogens is 5. The Morgan fingerprint density at radius 1 is 1.10 bits per heavy atom. The van der Waals surface area contributed by atoms with E-state index in [1.165, 1.54) is 18.9 Å². The largest absolute Gasteiger partial charge is 0.573 e. The number of benzene rings is 1. The van der Waals surface area contributed by atoms with E-state index in [-0.39, 0.29) is 17.3 Å². The highest BCUT2D eigenvalue weighted by atomic mass is 19.4. The first-order valence-electron chi connectivity index (χ1n) is 9.60. The van der Waals surface area contributed by atoms with E-state index in [0.717, 1.165) is 43.9 Å². The topological polar surface area (TPSA) is 73.6 Å². The molecule has 0 saturated heterocycles. The van der Waals surface area contributed by atoms with Gasteiger partial charge in [0.15, 0.2) is 0 Å². The molecule has 7 nitrogen and oxygen atoms in total. The van der Waals surface area contributed by atoms with Gasteiger partial charge < -0.3 is 14.8 Å². The van der Waals surface area contributed by atoms with Crippen molar-refractivity contribution in [3.05, 3.63) is 30.7 Å². The maximum absolute atomic E-state index is 12.9. The third-order valence-electron chi connectivity index (χ3n) is 4.95. The molecule has 2 heterocycles. The zero-order valence-electron chi connectivity index (χ0n) is 16.1. The predicted molar refractivity (Wildman–Crippen MR) is 100 cm³/mol. The van der Waals surface area contributed by atoms with Crippen molar-refractivity contribution in [3.8, 4) is 22.8 Å². The van der Waals surface area contributed by atoms with Gasteiger partial charge in [-0.2, -0.15) is 8.78 Å². The standard InChI is InChI=1S/C19H18F5N5O2/c20-17(21)30-12-6-7-13(15(8-12)31-19(22,23)24)16-14-9-25-10-29(14)18(28-27-16)26-11-4-2-1-3-5-11/h6-11,17H,1-5H2,(H,26,28). The molecule has 0 spiro atoms. The number of imidazole rings is 1. The summed E-state index contributed by atoms with van der Waals surface area (Å²) in [6.45, 7) is -3.20. The summed E-state index contributed by atoms with van der Waals surface area (Å²) in [4.78, 5) is 4.06. The van der Waals surface area contributed by atoms with Crippen LogP contribution < -0.4 is 14.8 Å². The molecular formula is C19H18F5N5O2. The maximum atomic E-state index is 12.9. The fourth-order valence-corrected chi connectivity index (χ4v) is 3.64. The van der Waals surface area contributed by atoms with Gasteiger partial charge in [0.25, 0.3) is 0 Å². The highest BCUT2D eigenvalue weighted by Crippen LogP contribution is 2.38. The van der Waals surface area contributed by atoms with Gasteiger partial charge in [0.1, 0.15) is 23.5 Å². The smallest absolute Gasteiger partial charge is 0.435 e. The quantitative estimate of drug-likeness (QED) is 0.539. The Balaban J connectivity index is 1.74. The van der Waals surface area contributed by atoms with Crippen molar-refractivity contribution in [2.24, 2.45) is 0 Å². The van der Waals surface area contributed by atoms with Crippen LogP contribution in [0.1, 0.15) is 32.1 Å². The number of anilines is 1. The lowest BCUT2D eigenvalue weighted by Gasteiger charge is -2.23. The normalized spacial score (nSPS) is 15.4. The molecule has 1 fully saturated rings. The summed E-state index contributed by atoms with van der Waals surface area (Å²) in [7, 11) is 0. The molecule has 166 valence electrons. The Labute approximate surface area is 173 Å². The number of aromatic nitrogens is 4. The van der Waals surface area contributed by atoms with Gasteiger partial charge in [-0.3, -0.25) is 4.40 Å². The Morgan fingerprint density at radius 3 is 2.58 bits per heavy atom. The zero-order valence-corrected chi connectivity index (χ0v) is 16.1. The molecule has 1 aromatic carbocycles. The SMILES string of the molecule is FC(F)Oc1ccc(-c2nnc(NC3CCCCC3)n3cncc23)c(OC(F)(F)F)c1. The summed E-state index contributed by atoms with van der Waals surface area (Å²) in [5.41, 5.74) is 0.332. The molecule has 0 bridgehead atoms. The zero-order chi connectivity index (χ0) is 22.0. The second kappa shape index (κ2) is 8.52. The van der Waals surface area contributed by atoms with Gasteiger partial charge >= 0.3 is 13.0 Å². The molecule has 1 aliphatic carbocycles. The van der Waals surface area contributed by atoms with E-state index in [0.29, 0.717) is 11.5 Å². The molecule has 2 aromatic heterocycles. The number of hydrogen-bond acceptors (Lipinski definition) is 6. The molecule has 1 saturated carbocycles. The van der Waals surface area contributed by atoms with Crippen molar-refractivity contribution in [1.29, 1.82) is 0 Å². The number of ether oxygens (including phenoxy) is 2. The molecule has 12 heteroatoms. The molecular weight excluding hydrogens is 425 g/mol. The molecule has 0 unspecified atom stereocenters. The molecule has 0 aliphatic heterocycles. The van der Waals surface area contributed by atoms with Crippen molar-refractivity contribution in [1.82, 2.24) is 19.6 Å². The fraction of sp³-hybridized carbons (Fsp3) is 0.421. The molecule has 0 radical (unpaired) electrons. The maximum Gasteiger partial charge on any atom is 0.573 e. The Hall–Kier alpha value is -3.18. The summed E-state index contributed by atoms with van der Waals surface area (Å²) in [5.74, 6) is -0.804. The lowest BCUT2D eigenvalue weighted by atomic mass is 9.96.